The van der Waals surface area contributed by atoms with Crippen LogP contribution in [0.3, 0.4) is 0 Å². The molecule has 1 aromatic heterocycles. The molecule has 9 nitrogen and oxygen atoms in total. The second-order valence-electron chi connectivity index (χ2n) is 10.2. The topological polar surface area (TPSA) is 102 Å². The quantitative estimate of drug-likeness (QED) is 0.404. The summed E-state index contributed by atoms with van der Waals surface area (Å²) in [6, 6.07) is 20.5. The summed E-state index contributed by atoms with van der Waals surface area (Å²) in [7, 11) is 0. The Labute approximate surface area is 246 Å². The Hall–Kier alpha value is -4.13. The third-order valence-corrected chi connectivity index (χ3v) is 7.90. The van der Waals surface area contributed by atoms with Crippen LogP contribution in [0.2, 0.25) is 5.02 Å². The Morgan fingerprint density at radius 2 is 1.71 bits per heavy atom. The molecule has 0 unspecified atom stereocenters. The Morgan fingerprint density at radius 3 is 2.37 bits per heavy atom. The normalized spacial score (nSPS) is 16.2. The fourth-order valence-corrected chi connectivity index (χ4v) is 5.63. The van der Waals surface area contributed by atoms with Crippen LogP contribution in [-0.2, 0) is 0 Å². The number of ether oxygens (including phenoxy) is 1. The van der Waals surface area contributed by atoms with Gasteiger partial charge in [0.2, 0.25) is 0 Å². The molecular weight excluding hydrogens is 540 g/mol. The van der Waals surface area contributed by atoms with Crippen LogP contribution in [0, 0.1) is 11.3 Å². The van der Waals surface area contributed by atoms with Crippen molar-refractivity contribution in [1.82, 2.24) is 20.1 Å². The van der Waals surface area contributed by atoms with Gasteiger partial charge in [-0.05, 0) is 55.3 Å². The minimum absolute atomic E-state index is 0. The molecule has 2 saturated heterocycles. The number of carbonyl (C=O) groups is 2. The molecule has 214 valence electrons. The van der Waals surface area contributed by atoms with Gasteiger partial charge < -0.3 is 19.9 Å². The van der Waals surface area contributed by atoms with E-state index in [0.717, 1.165) is 57.9 Å². The number of piperazine rings is 1. The lowest BCUT2D eigenvalue weighted by atomic mass is 10.0. The van der Waals surface area contributed by atoms with Gasteiger partial charge >= 0.3 is 0 Å². The van der Waals surface area contributed by atoms with E-state index in [2.05, 4.69) is 26.2 Å². The number of hydrogen-bond donors (Lipinski definition) is 1. The van der Waals surface area contributed by atoms with Gasteiger partial charge in [-0.15, -0.1) is 0 Å². The lowest BCUT2D eigenvalue weighted by Crippen LogP contribution is -2.54. The summed E-state index contributed by atoms with van der Waals surface area (Å²) in [5.74, 6) is 1.24. The average Bonchev–Trinajstić information content (AvgIpc) is 3.03. The van der Waals surface area contributed by atoms with Crippen LogP contribution in [0.25, 0.3) is 0 Å². The third-order valence-electron chi connectivity index (χ3n) is 7.63. The molecule has 3 aromatic rings. The maximum absolute atomic E-state index is 12.9. The molecule has 41 heavy (non-hydrogen) atoms. The Morgan fingerprint density at radius 1 is 1.00 bits per heavy atom. The Bertz CT molecular complexity index is 1390. The number of aromatic nitrogens is 1. The Balaban J connectivity index is 0.00000405. The minimum atomic E-state index is -0.239. The molecule has 2 amide bonds. The highest BCUT2D eigenvalue weighted by Crippen LogP contribution is 2.27. The van der Waals surface area contributed by atoms with Crippen LogP contribution >= 0.6 is 11.6 Å². The number of carbonyl (C=O) groups excluding carboxylic acids is 2. The summed E-state index contributed by atoms with van der Waals surface area (Å²) in [4.78, 5) is 36.5. The fraction of sp³-hybridized carbons (Fsp3) is 0.355. The number of nitrogens with one attached hydrogen (secondary N) is 1. The van der Waals surface area contributed by atoms with Gasteiger partial charge in [0.1, 0.15) is 18.2 Å². The molecule has 2 aliphatic heterocycles. The first-order valence-corrected chi connectivity index (χ1v) is 14.3. The summed E-state index contributed by atoms with van der Waals surface area (Å²) in [6.45, 7) is 5.53. The van der Waals surface area contributed by atoms with Crippen LogP contribution in [0.4, 0.5) is 5.82 Å². The smallest absolute Gasteiger partial charge is 0.253 e. The fourth-order valence-electron chi connectivity index (χ4n) is 5.34. The van der Waals surface area contributed by atoms with Gasteiger partial charge in [0.15, 0.2) is 0 Å². The van der Waals surface area contributed by atoms with Crippen molar-refractivity contribution >= 4 is 29.2 Å². The zero-order chi connectivity index (χ0) is 28.6. The van der Waals surface area contributed by atoms with E-state index in [0.29, 0.717) is 46.7 Å². The van der Waals surface area contributed by atoms with Crippen LogP contribution in [-0.4, -0.2) is 85.1 Å². The third kappa shape index (κ3) is 7.15. The SMILES string of the molecule is N#Cc1ccc(C(=O)N2CCC(N3CCN(c4ncc(C(=O)NCCOc5ccccc5)cc4Cl)CC3)CC2)cc1.[HH]. The number of piperidine rings is 1. The molecule has 2 aliphatic rings. The summed E-state index contributed by atoms with van der Waals surface area (Å²) in [6.07, 6.45) is 3.43. The average molecular weight is 575 g/mol. The molecule has 0 aliphatic carbocycles. The number of nitrogens with zero attached hydrogens (tertiary/aromatic N) is 5. The van der Waals surface area contributed by atoms with E-state index in [1.807, 2.05) is 35.2 Å². The summed E-state index contributed by atoms with van der Waals surface area (Å²) in [5.41, 5.74) is 1.60. The molecule has 2 fully saturated rings. The maximum atomic E-state index is 12.9. The van der Waals surface area contributed by atoms with Crippen molar-refractivity contribution < 1.29 is 15.8 Å². The molecule has 0 spiro atoms. The minimum Gasteiger partial charge on any atom is -0.492 e. The standard InChI is InChI=1S/C31H33ClN6O3.H2/c32-28-20-25(30(39)34-12-19-41-27-4-2-1-3-5-27)22-35-29(28)37-17-15-36(16-18-37)26-10-13-38(14-11-26)31(40)24-8-6-23(21-33)7-9-24;/h1-9,20,22,26H,10-19H2,(H,34,39);1H. The van der Waals surface area contributed by atoms with Crippen molar-refractivity contribution in [3.63, 3.8) is 0 Å². The van der Waals surface area contributed by atoms with Gasteiger partial charge in [-0.25, -0.2) is 4.98 Å². The predicted octanol–water partition coefficient (Wildman–Crippen LogP) is 4.09. The van der Waals surface area contributed by atoms with E-state index in [-0.39, 0.29) is 13.2 Å². The van der Waals surface area contributed by atoms with Crippen LogP contribution in [0.15, 0.2) is 66.9 Å². The van der Waals surface area contributed by atoms with Gasteiger partial charge in [-0.3, -0.25) is 14.5 Å². The number of amides is 2. The molecule has 10 heteroatoms. The predicted molar refractivity (Wildman–Crippen MR) is 159 cm³/mol. The first-order chi connectivity index (χ1) is 20.0. The first-order valence-electron chi connectivity index (χ1n) is 13.9. The lowest BCUT2D eigenvalue weighted by Gasteiger charge is -2.43. The van der Waals surface area contributed by atoms with Crippen LogP contribution < -0.4 is 15.0 Å². The van der Waals surface area contributed by atoms with Crippen molar-refractivity contribution in [2.45, 2.75) is 18.9 Å². The van der Waals surface area contributed by atoms with Gasteiger partial charge in [0.25, 0.3) is 11.8 Å². The highest BCUT2D eigenvalue weighted by Gasteiger charge is 2.30. The van der Waals surface area contributed by atoms with Gasteiger partial charge in [0, 0.05) is 58.5 Å². The largest absolute Gasteiger partial charge is 0.492 e. The highest BCUT2D eigenvalue weighted by atomic mass is 35.5. The number of pyridine rings is 1. The van der Waals surface area contributed by atoms with Crippen molar-refractivity contribution in [2.24, 2.45) is 0 Å². The molecule has 5 rings (SSSR count). The molecule has 2 aromatic carbocycles. The van der Waals surface area contributed by atoms with E-state index >= 15 is 0 Å². The first kappa shape index (κ1) is 28.4. The summed E-state index contributed by atoms with van der Waals surface area (Å²) < 4.78 is 5.61. The van der Waals surface area contributed by atoms with Crippen LogP contribution in [0.1, 0.15) is 40.5 Å². The molecule has 3 heterocycles. The van der Waals surface area contributed by atoms with E-state index in [1.165, 1.54) is 0 Å². The number of para-hydroxylation sites is 1. The van der Waals surface area contributed by atoms with E-state index in [4.69, 9.17) is 21.6 Å². The second kappa shape index (κ2) is 13.5. The van der Waals surface area contributed by atoms with Crippen molar-refractivity contribution in [1.29, 1.82) is 5.26 Å². The van der Waals surface area contributed by atoms with Gasteiger partial charge in [-0.2, -0.15) is 5.26 Å². The number of benzene rings is 2. The lowest BCUT2D eigenvalue weighted by molar-refractivity contribution is 0.0610. The molecule has 0 radical (unpaired) electrons. The molecule has 1 N–H and O–H groups in total. The summed E-state index contributed by atoms with van der Waals surface area (Å²) in [5, 5.41) is 12.3. The van der Waals surface area contributed by atoms with Gasteiger partial charge in [-0.1, -0.05) is 29.8 Å². The van der Waals surface area contributed by atoms with Crippen molar-refractivity contribution in [3.05, 3.63) is 88.6 Å². The van der Waals surface area contributed by atoms with Crippen molar-refractivity contribution in [2.75, 3.05) is 57.3 Å². The van der Waals surface area contributed by atoms with E-state index in [9.17, 15) is 9.59 Å². The monoisotopic (exact) mass is 574 g/mol. The number of halogens is 1. The zero-order valence-electron chi connectivity index (χ0n) is 22.8. The molecular formula is C31H35ClN6O3. The number of rotatable bonds is 8. The molecule has 0 atom stereocenters. The van der Waals surface area contributed by atoms with Gasteiger partial charge in [0.05, 0.1) is 28.8 Å². The molecule has 0 saturated carbocycles. The molecule has 0 bridgehead atoms. The number of hydrogen-bond acceptors (Lipinski definition) is 7. The maximum Gasteiger partial charge on any atom is 0.253 e. The highest BCUT2D eigenvalue weighted by molar-refractivity contribution is 6.33. The van der Waals surface area contributed by atoms with Crippen molar-refractivity contribution in [3.8, 4) is 11.8 Å². The summed E-state index contributed by atoms with van der Waals surface area (Å²) >= 11 is 6.57. The van der Waals surface area contributed by atoms with E-state index < -0.39 is 0 Å². The second-order valence-corrected chi connectivity index (χ2v) is 10.6. The number of nitriles is 1. The van der Waals surface area contributed by atoms with Crippen LogP contribution in [0.5, 0.6) is 5.75 Å². The number of likely N-dealkylation sites (tertiary alicyclic amines) is 1. The zero-order valence-corrected chi connectivity index (χ0v) is 23.6. The number of anilines is 1. The van der Waals surface area contributed by atoms with E-state index in [1.54, 1.807) is 36.5 Å². The Kier molecular flexibility index (Phi) is 9.34.